The number of hydrazone groups is 1. The first-order valence-electron chi connectivity index (χ1n) is 8.21. The maximum atomic E-state index is 13.4. The fourth-order valence-corrected chi connectivity index (χ4v) is 2.73. The minimum Gasteiger partial charge on any atom is -0.496 e. The molecule has 29 heavy (non-hydrogen) atoms. The van der Waals surface area contributed by atoms with E-state index in [0.29, 0.717) is 17.0 Å². The minimum absolute atomic E-state index is 0. The number of para-hydroxylation sites is 1. The van der Waals surface area contributed by atoms with E-state index in [1.807, 2.05) is 0 Å². The predicted octanol–water partition coefficient (Wildman–Crippen LogP) is 5.36. The van der Waals surface area contributed by atoms with Gasteiger partial charge in [0, 0.05) is 24.3 Å². The Morgan fingerprint density at radius 2 is 1.76 bits per heavy atom. The van der Waals surface area contributed by atoms with Gasteiger partial charge in [-0.2, -0.15) is 35.8 Å². The molecule has 0 saturated carbocycles. The molecule has 4 nitrogen and oxygen atoms in total. The second kappa shape index (κ2) is 8.76. The Bertz CT molecular complexity index is 768. The molecular weight excluding hydrogens is 431 g/mol. The van der Waals surface area contributed by atoms with Crippen molar-refractivity contribution in [1.82, 2.24) is 5.01 Å². The normalized spacial score (nSPS) is 17.6. The highest BCUT2D eigenvalue weighted by Gasteiger charge is 2.72. The second-order valence-electron chi connectivity index (χ2n) is 6.39. The predicted molar refractivity (Wildman–Crippen MR) is 95.6 cm³/mol. The fourth-order valence-electron chi connectivity index (χ4n) is 2.73. The summed E-state index contributed by atoms with van der Waals surface area (Å²) in [6.45, 7) is 1.86. The van der Waals surface area contributed by atoms with E-state index in [1.54, 1.807) is 31.2 Å². The summed E-state index contributed by atoms with van der Waals surface area (Å²) in [6.07, 6.45) is -9.20. The number of rotatable bonds is 6. The molecule has 1 N–H and O–H groups in total. The van der Waals surface area contributed by atoms with Crippen LogP contribution in [0.15, 0.2) is 29.4 Å². The van der Waals surface area contributed by atoms with E-state index in [1.165, 1.54) is 7.11 Å². The van der Waals surface area contributed by atoms with Gasteiger partial charge in [0.15, 0.2) is 0 Å². The van der Waals surface area contributed by atoms with E-state index in [-0.39, 0.29) is 24.9 Å². The molecular formula is C17H19ClF7N3O. The van der Waals surface area contributed by atoms with E-state index in [4.69, 9.17) is 10.1 Å². The Morgan fingerprint density at radius 3 is 2.31 bits per heavy atom. The summed E-state index contributed by atoms with van der Waals surface area (Å²) in [5.41, 5.74) is 1.11. The van der Waals surface area contributed by atoms with Crippen molar-refractivity contribution in [3.05, 3.63) is 29.8 Å². The quantitative estimate of drug-likeness (QED) is 0.361. The third kappa shape index (κ3) is 4.93. The third-order valence-corrected chi connectivity index (χ3v) is 4.33. The molecule has 0 saturated heterocycles. The van der Waals surface area contributed by atoms with Gasteiger partial charge >= 0.3 is 18.0 Å². The summed E-state index contributed by atoms with van der Waals surface area (Å²) in [6, 6.07) is 6.84. The topological polar surface area (TPSA) is 48.7 Å². The van der Waals surface area contributed by atoms with Crippen molar-refractivity contribution in [3.63, 3.8) is 0 Å². The highest BCUT2D eigenvalue weighted by atomic mass is 35.5. The van der Waals surface area contributed by atoms with Crippen molar-refractivity contribution in [2.75, 3.05) is 13.7 Å². The van der Waals surface area contributed by atoms with Gasteiger partial charge in [0.2, 0.25) is 0 Å². The van der Waals surface area contributed by atoms with E-state index in [9.17, 15) is 30.7 Å². The van der Waals surface area contributed by atoms with Crippen LogP contribution >= 0.6 is 12.4 Å². The van der Waals surface area contributed by atoms with Gasteiger partial charge in [0.1, 0.15) is 11.6 Å². The lowest BCUT2D eigenvalue weighted by Crippen LogP contribution is -2.52. The van der Waals surface area contributed by atoms with Crippen LogP contribution in [0.4, 0.5) is 30.7 Å². The molecule has 0 radical (unpaired) electrons. The number of alkyl halides is 7. The standard InChI is InChI=1S/C17H18F7N3O.ClH/c1-10-9-27(26-14(10)11-5-3-4-6-12(11)28-2)13(25)7-8-15(18,19)16(20,21)17(22,23)24;/h3-6,10,25H,7-9H2,1-2H3;1H. The number of nitrogens with one attached hydrogen (secondary N) is 1. The van der Waals surface area contributed by atoms with Crippen LogP contribution in [0, 0.1) is 11.3 Å². The summed E-state index contributed by atoms with van der Waals surface area (Å²) < 4.78 is 94.6. The molecule has 1 unspecified atom stereocenters. The highest BCUT2D eigenvalue weighted by Crippen LogP contribution is 2.48. The molecule has 164 valence electrons. The van der Waals surface area contributed by atoms with Crippen molar-refractivity contribution in [2.45, 2.75) is 37.8 Å². The monoisotopic (exact) mass is 449 g/mol. The summed E-state index contributed by atoms with van der Waals surface area (Å²) >= 11 is 0. The maximum absolute atomic E-state index is 13.4. The van der Waals surface area contributed by atoms with Crippen LogP contribution in [0.3, 0.4) is 0 Å². The average molecular weight is 450 g/mol. The molecule has 1 atom stereocenters. The smallest absolute Gasteiger partial charge is 0.459 e. The van der Waals surface area contributed by atoms with Crippen LogP contribution in [0.2, 0.25) is 0 Å². The Kier molecular flexibility index (Phi) is 7.55. The van der Waals surface area contributed by atoms with E-state index in [0.717, 1.165) is 5.01 Å². The van der Waals surface area contributed by atoms with E-state index >= 15 is 0 Å². The lowest BCUT2D eigenvalue weighted by Gasteiger charge is -2.28. The van der Waals surface area contributed by atoms with Crippen LogP contribution in [0.5, 0.6) is 5.75 Å². The number of ether oxygens (including phenoxy) is 1. The third-order valence-electron chi connectivity index (χ3n) is 4.33. The van der Waals surface area contributed by atoms with Crippen molar-refractivity contribution < 1.29 is 35.5 Å². The Hall–Kier alpha value is -2.04. The molecule has 2 rings (SSSR count). The van der Waals surface area contributed by atoms with Gasteiger partial charge in [0.05, 0.1) is 19.4 Å². The number of hydrogen-bond donors (Lipinski definition) is 1. The van der Waals surface area contributed by atoms with E-state index in [2.05, 4.69) is 5.10 Å². The van der Waals surface area contributed by atoms with Crippen LogP contribution in [-0.4, -0.2) is 48.2 Å². The molecule has 0 fully saturated rings. The SMILES string of the molecule is COc1ccccc1C1=NN(C(=N)CCC(F)(F)C(F)(F)C(F)(F)F)CC1C.Cl. The number of nitrogens with zero attached hydrogens (tertiary/aromatic N) is 2. The molecule has 12 heteroatoms. The van der Waals surface area contributed by atoms with Gasteiger partial charge < -0.3 is 4.74 Å². The van der Waals surface area contributed by atoms with Gasteiger partial charge in [-0.1, -0.05) is 19.1 Å². The molecule has 0 bridgehead atoms. The van der Waals surface area contributed by atoms with Crippen molar-refractivity contribution in [3.8, 4) is 5.75 Å². The zero-order valence-electron chi connectivity index (χ0n) is 15.4. The Morgan fingerprint density at radius 1 is 1.17 bits per heavy atom. The van der Waals surface area contributed by atoms with Crippen LogP contribution in [0.25, 0.3) is 0 Å². The van der Waals surface area contributed by atoms with Gasteiger partial charge in [-0.05, 0) is 12.1 Å². The van der Waals surface area contributed by atoms with Crippen LogP contribution in [0.1, 0.15) is 25.3 Å². The molecule has 1 aromatic carbocycles. The zero-order valence-corrected chi connectivity index (χ0v) is 16.2. The molecule has 1 aliphatic heterocycles. The number of benzene rings is 1. The zero-order chi connectivity index (χ0) is 21.3. The van der Waals surface area contributed by atoms with Gasteiger partial charge in [-0.15, -0.1) is 12.4 Å². The first-order valence-corrected chi connectivity index (χ1v) is 8.21. The molecule has 0 aliphatic carbocycles. The Balaban J connectivity index is 0.00000420. The summed E-state index contributed by atoms with van der Waals surface area (Å²) in [7, 11) is 1.45. The lowest BCUT2D eigenvalue weighted by molar-refractivity contribution is -0.355. The molecule has 1 aliphatic rings. The number of methoxy groups -OCH3 is 1. The number of hydrogen-bond acceptors (Lipinski definition) is 3. The number of halogens is 8. The summed E-state index contributed by atoms with van der Waals surface area (Å²) in [5, 5.41) is 13.0. The average Bonchev–Trinajstić information content (AvgIpc) is 3.00. The van der Waals surface area contributed by atoms with Crippen LogP contribution in [-0.2, 0) is 0 Å². The van der Waals surface area contributed by atoms with Crippen LogP contribution < -0.4 is 4.74 Å². The largest absolute Gasteiger partial charge is 0.496 e. The Labute approximate surface area is 168 Å². The molecule has 0 amide bonds. The van der Waals surface area contributed by atoms with E-state index < -0.39 is 36.7 Å². The minimum atomic E-state index is -6.38. The second-order valence-corrected chi connectivity index (χ2v) is 6.39. The molecule has 0 aromatic heterocycles. The van der Waals surface area contributed by atoms with Gasteiger partial charge in [0.25, 0.3) is 0 Å². The summed E-state index contributed by atoms with van der Waals surface area (Å²) in [5.74, 6) is -11.8. The molecule has 1 aromatic rings. The summed E-state index contributed by atoms with van der Waals surface area (Å²) in [4.78, 5) is 0. The fraction of sp³-hybridized carbons (Fsp3) is 0.529. The first-order chi connectivity index (χ1) is 12.8. The molecule has 0 spiro atoms. The first kappa shape index (κ1) is 25.0. The van der Waals surface area contributed by atoms with Crippen molar-refractivity contribution in [1.29, 1.82) is 5.41 Å². The van der Waals surface area contributed by atoms with Gasteiger partial charge in [-0.25, -0.2) is 0 Å². The number of amidine groups is 1. The maximum Gasteiger partial charge on any atom is 0.459 e. The lowest BCUT2D eigenvalue weighted by atomic mass is 9.98. The van der Waals surface area contributed by atoms with Crippen molar-refractivity contribution >= 4 is 24.0 Å². The van der Waals surface area contributed by atoms with Gasteiger partial charge in [-0.3, -0.25) is 10.4 Å². The molecule has 1 heterocycles. The van der Waals surface area contributed by atoms with Crippen molar-refractivity contribution in [2.24, 2.45) is 11.0 Å². The highest BCUT2D eigenvalue weighted by molar-refractivity contribution is 6.06.